The van der Waals surface area contributed by atoms with Gasteiger partial charge in [-0.3, -0.25) is 19.5 Å². The highest BCUT2D eigenvalue weighted by Crippen LogP contribution is 2.28. The number of nitrogens with zero attached hydrogens (tertiary/aromatic N) is 5. The minimum Gasteiger partial charge on any atom is -0.454 e. The molecule has 2 N–H and O–H groups in total. The van der Waals surface area contributed by atoms with E-state index >= 15 is 0 Å². The zero-order chi connectivity index (χ0) is 31.2. The topological polar surface area (TPSA) is 107 Å². The summed E-state index contributed by atoms with van der Waals surface area (Å²) in [5.41, 5.74) is 1.19. The molecule has 0 unspecified atom stereocenters. The number of hydrogen-bond acceptors (Lipinski definition) is 7. The molecule has 13 heteroatoms. The fourth-order valence-corrected chi connectivity index (χ4v) is 4.99. The first-order chi connectivity index (χ1) is 21.2. The Balaban J connectivity index is 1.17. The largest absolute Gasteiger partial charge is 0.454 e. The van der Waals surface area contributed by atoms with E-state index in [0.717, 1.165) is 26.2 Å². The van der Waals surface area contributed by atoms with Gasteiger partial charge in [0, 0.05) is 75.7 Å². The molecule has 2 aromatic heterocycles. The van der Waals surface area contributed by atoms with Crippen LogP contribution in [0.3, 0.4) is 0 Å². The Labute approximate surface area is 258 Å². The maximum absolute atomic E-state index is 14.8. The number of piperazine rings is 1. The van der Waals surface area contributed by atoms with Gasteiger partial charge in [-0.2, -0.15) is 4.39 Å². The van der Waals surface area contributed by atoms with E-state index in [1.807, 2.05) is 14.1 Å². The molecule has 5 rings (SSSR count). The van der Waals surface area contributed by atoms with Crippen LogP contribution in [0.15, 0.2) is 61.1 Å². The summed E-state index contributed by atoms with van der Waals surface area (Å²) < 4.78 is 34.9. The number of hydrogen-bond donors (Lipinski definition) is 2. The number of carbonyl (C=O) groups excluding carboxylic acids is 2. The number of amides is 2. The molecule has 0 saturated carbocycles. The smallest absolute Gasteiger partial charge is 0.291 e. The number of anilines is 1. The highest BCUT2D eigenvalue weighted by Gasteiger charge is 2.24. The van der Waals surface area contributed by atoms with Gasteiger partial charge in [0.1, 0.15) is 5.75 Å². The zero-order valence-corrected chi connectivity index (χ0v) is 25.1. The first kappa shape index (κ1) is 31.0. The van der Waals surface area contributed by atoms with Crippen molar-refractivity contribution in [2.75, 3.05) is 58.7 Å². The van der Waals surface area contributed by atoms with Crippen molar-refractivity contribution in [3.05, 3.63) is 100 Å². The lowest BCUT2D eigenvalue weighted by atomic mass is 10.1. The van der Waals surface area contributed by atoms with Gasteiger partial charge in [-0.1, -0.05) is 17.7 Å². The van der Waals surface area contributed by atoms with E-state index < -0.39 is 17.5 Å². The summed E-state index contributed by atoms with van der Waals surface area (Å²) in [6.07, 6.45) is 4.30. The van der Waals surface area contributed by atoms with Crippen molar-refractivity contribution < 1.29 is 23.1 Å². The number of likely N-dealkylation sites (N-methyl/N-ethyl adjacent to an activating group) is 1. The van der Waals surface area contributed by atoms with Gasteiger partial charge in [0.15, 0.2) is 17.4 Å². The number of pyridine rings is 1. The van der Waals surface area contributed by atoms with Gasteiger partial charge in [-0.15, -0.1) is 0 Å². The molecular formula is C31H32ClF2N7O3. The summed E-state index contributed by atoms with van der Waals surface area (Å²) in [6.45, 7) is 4.73. The maximum atomic E-state index is 14.8. The fraction of sp³-hybridized carbons (Fsp3) is 0.290. The lowest BCUT2D eigenvalue weighted by Gasteiger charge is -2.35. The van der Waals surface area contributed by atoms with Gasteiger partial charge in [0.05, 0.1) is 10.6 Å². The van der Waals surface area contributed by atoms with Crippen LogP contribution in [-0.4, -0.2) is 94.8 Å². The van der Waals surface area contributed by atoms with Gasteiger partial charge >= 0.3 is 0 Å². The molecule has 0 aliphatic carbocycles. The number of aromatic nitrogens is 3. The molecule has 1 fully saturated rings. The number of aromatic amines is 1. The molecule has 2 aromatic carbocycles. The maximum Gasteiger partial charge on any atom is 0.291 e. The summed E-state index contributed by atoms with van der Waals surface area (Å²) in [4.78, 5) is 43.0. The number of H-pyrrole nitrogens is 1. The molecule has 0 radical (unpaired) electrons. The monoisotopic (exact) mass is 623 g/mol. The molecule has 44 heavy (non-hydrogen) atoms. The highest BCUT2D eigenvalue weighted by molar-refractivity contribution is 6.34. The fourth-order valence-electron chi connectivity index (χ4n) is 4.73. The van der Waals surface area contributed by atoms with Gasteiger partial charge in [-0.25, -0.2) is 9.37 Å². The van der Waals surface area contributed by atoms with Crippen LogP contribution in [0.4, 0.5) is 14.5 Å². The Morgan fingerprint density at radius 1 is 1.05 bits per heavy atom. The first-order valence-electron chi connectivity index (χ1n) is 14.0. The van der Waals surface area contributed by atoms with Crippen molar-refractivity contribution in [1.82, 2.24) is 29.7 Å². The third-order valence-corrected chi connectivity index (χ3v) is 7.52. The van der Waals surface area contributed by atoms with E-state index in [4.69, 9.17) is 16.3 Å². The van der Waals surface area contributed by atoms with Gasteiger partial charge in [0.25, 0.3) is 11.8 Å². The van der Waals surface area contributed by atoms with Crippen LogP contribution in [-0.2, 0) is 6.42 Å². The SMILES string of the molecule is CN(C)CCN1CCN(C(=O)c2ccc(NC(=O)c3ncc(Cc4ccc(Oc5ccncc5)c(F)c4F)[nH]3)cc2Cl)CC1. The Hall–Kier alpha value is -4.39. The predicted octanol–water partition coefficient (Wildman–Crippen LogP) is 4.69. The first-order valence-corrected chi connectivity index (χ1v) is 14.4. The molecule has 0 bridgehead atoms. The third kappa shape index (κ3) is 7.57. The molecular weight excluding hydrogens is 592 g/mol. The minimum atomic E-state index is -1.13. The number of carbonyl (C=O) groups is 2. The van der Waals surface area contributed by atoms with E-state index in [0.29, 0.717) is 35.8 Å². The van der Waals surface area contributed by atoms with Crippen molar-refractivity contribution >= 4 is 29.1 Å². The summed E-state index contributed by atoms with van der Waals surface area (Å²) >= 11 is 6.45. The number of benzene rings is 2. The molecule has 3 heterocycles. The van der Waals surface area contributed by atoms with E-state index in [1.54, 1.807) is 17.0 Å². The second-order valence-corrected chi connectivity index (χ2v) is 11.1. The van der Waals surface area contributed by atoms with Crippen molar-refractivity contribution in [2.24, 2.45) is 0 Å². The second kappa shape index (κ2) is 13.9. The van der Waals surface area contributed by atoms with Crippen LogP contribution in [0.1, 0.15) is 32.2 Å². The van der Waals surface area contributed by atoms with E-state index in [1.165, 1.54) is 48.9 Å². The summed E-state index contributed by atoms with van der Waals surface area (Å²) in [5.74, 6) is -2.87. The van der Waals surface area contributed by atoms with Crippen molar-refractivity contribution in [3.63, 3.8) is 0 Å². The van der Waals surface area contributed by atoms with Gasteiger partial charge in [0.2, 0.25) is 5.82 Å². The molecule has 230 valence electrons. The standard InChI is InChI=1S/C31H32ClF2N7O3/c1-39(2)11-12-40-13-15-41(16-14-40)31(43)24-5-4-21(18-25(24)32)38-30(42)29-36-19-22(37-29)17-20-3-6-26(28(34)27(20)33)44-23-7-9-35-10-8-23/h3-10,18-19H,11-17H2,1-2H3,(H,36,37)(H,38,42). The molecule has 1 saturated heterocycles. The van der Waals surface area contributed by atoms with E-state index in [2.05, 4.69) is 30.1 Å². The Morgan fingerprint density at radius 2 is 1.80 bits per heavy atom. The number of imidazole rings is 1. The highest BCUT2D eigenvalue weighted by atomic mass is 35.5. The van der Waals surface area contributed by atoms with E-state index in [9.17, 15) is 18.4 Å². The van der Waals surface area contributed by atoms with Crippen molar-refractivity contribution in [1.29, 1.82) is 0 Å². The average Bonchev–Trinajstić information content (AvgIpc) is 3.49. The summed E-state index contributed by atoms with van der Waals surface area (Å²) in [6, 6.07) is 10.5. The van der Waals surface area contributed by atoms with Crippen molar-refractivity contribution in [2.45, 2.75) is 6.42 Å². The van der Waals surface area contributed by atoms with Gasteiger partial charge in [-0.05, 0) is 56.1 Å². The molecule has 0 atom stereocenters. The second-order valence-electron chi connectivity index (χ2n) is 10.7. The number of halogens is 3. The predicted molar refractivity (Wildman–Crippen MR) is 162 cm³/mol. The van der Waals surface area contributed by atoms with Gasteiger partial charge < -0.3 is 24.8 Å². The lowest BCUT2D eigenvalue weighted by Crippen LogP contribution is -2.50. The molecule has 0 spiro atoms. The Bertz CT molecular complexity index is 1630. The molecule has 4 aromatic rings. The van der Waals surface area contributed by atoms with Crippen LogP contribution in [0.5, 0.6) is 11.5 Å². The van der Waals surface area contributed by atoms with Crippen molar-refractivity contribution in [3.8, 4) is 11.5 Å². The van der Waals surface area contributed by atoms with Crippen LogP contribution < -0.4 is 10.1 Å². The summed E-state index contributed by atoms with van der Waals surface area (Å²) in [7, 11) is 4.07. The number of rotatable bonds is 10. The van der Waals surface area contributed by atoms with Crippen LogP contribution >= 0.6 is 11.6 Å². The number of ether oxygens (including phenoxy) is 1. The average molecular weight is 624 g/mol. The van der Waals surface area contributed by atoms with E-state index in [-0.39, 0.29) is 34.5 Å². The Morgan fingerprint density at radius 3 is 2.50 bits per heavy atom. The van der Waals surface area contributed by atoms with Crippen LogP contribution in [0.25, 0.3) is 0 Å². The molecule has 1 aliphatic rings. The zero-order valence-electron chi connectivity index (χ0n) is 24.3. The quantitative estimate of drug-likeness (QED) is 0.264. The molecule has 1 aliphatic heterocycles. The normalized spacial score (nSPS) is 13.7. The minimum absolute atomic E-state index is 0.0260. The third-order valence-electron chi connectivity index (χ3n) is 7.21. The molecule has 10 nitrogen and oxygen atoms in total. The molecule has 2 amide bonds. The number of nitrogens with one attached hydrogen (secondary N) is 2. The van der Waals surface area contributed by atoms with Crippen LogP contribution in [0.2, 0.25) is 5.02 Å². The lowest BCUT2D eigenvalue weighted by molar-refractivity contribution is 0.0630. The Kier molecular flexibility index (Phi) is 9.83. The van der Waals surface area contributed by atoms with Crippen LogP contribution in [0, 0.1) is 11.6 Å². The summed E-state index contributed by atoms with van der Waals surface area (Å²) in [5, 5.41) is 2.91.